The summed E-state index contributed by atoms with van der Waals surface area (Å²) in [4.78, 5) is 12.0. The number of rotatable bonds is 5. The Morgan fingerprint density at radius 2 is 1.64 bits per heavy atom. The average Bonchev–Trinajstić information content (AvgIpc) is 3.24. The number of ether oxygens (including phenoxy) is 2. The minimum atomic E-state index is -3.81. The van der Waals surface area contributed by atoms with Crippen LogP contribution >= 0.6 is 0 Å². The van der Waals surface area contributed by atoms with E-state index >= 15 is 0 Å². The third-order valence-corrected chi connectivity index (χ3v) is 5.27. The second-order valence-electron chi connectivity index (χ2n) is 5.83. The first kappa shape index (κ1) is 17.9. The second kappa shape index (κ2) is 7.24. The third kappa shape index (κ3) is 3.76. The summed E-state index contributed by atoms with van der Waals surface area (Å²) in [5.74, 6) is 0.468. The summed E-state index contributed by atoms with van der Waals surface area (Å²) in [5.41, 5.74) is 0.966. The normalized spacial score (nSPS) is 13.0. The Morgan fingerprint density at radius 1 is 0.929 bits per heavy atom. The van der Waals surface area contributed by atoms with Gasteiger partial charge >= 0.3 is 0 Å². The number of nitrogens with one attached hydrogen (secondary N) is 2. The van der Waals surface area contributed by atoms with Crippen molar-refractivity contribution in [3.63, 3.8) is 0 Å². The lowest BCUT2D eigenvalue weighted by molar-refractivity contribution is 0.101. The van der Waals surface area contributed by atoms with Crippen LogP contribution in [0.3, 0.4) is 0 Å². The third-order valence-electron chi connectivity index (χ3n) is 3.89. The number of carbonyl (C=O) groups is 1. The van der Waals surface area contributed by atoms with Gasteiger partial charge in [0.1, 0.15) is 19.5 Å². The van der Waals surface area contributed by atoms with Crippen LogP contribution in [0.2, 0.25) is 0 Å². The van der Waals surface area contributed by atoms with Crippen LogP contribution in [-0.2, 0) is 10.0 Å². The molecule has 0 fully saturated rings. The summed E-state index contributed by atoms with van der Waals surface area (Å²) in [6.07, 6.45) is 1.30. The standard InChI is InChI=1S/C18H15N3O6S/c22-18(15-7-8-27-20-15)19-12-1-3-13(4-2-12)21-28(23,24)14-5-6-16-17(11-14)26-10-9-25-16/h1-8,11,21H,9-10H2,(H,19,22). The molecule has 28 heavy (non-hydrogen) atoms. The van der Waals surface area contributed by atoms with Crippen molar-refractivity contribution in [3.8, 4) is 11.5 Å². The molecule has 1 aromatic heterocycles. The minimum Gasteiger partial charge on any atom is -0.486 e. The van der Waals surface area contributed by atoms with Crippen molar-refractivity contribution in [1.82, 2.24) is 5.16 Å². The Bertz CT molecular complexity index is 1090. The molecule has 0 bridgehead atoms. The molecule has 1 aliphatic heterocycles. The van der Waals surface area contributed by atoms with Gasteiger partial charge < -0.3 is 19.3 Å². The lowest BCUT2D eigenvalue weighted by Crippen LogP contribution is -2.17. The molecule has 0 saturated carbocycles. The average molecular weight is 401 g/mol. The summed E-state index contributed by atoms with van der Waals surface area (Å²) in [6, 6.07) is 12.1. The van der Waals surface area contributed by atoms with Gasteiger partial charge in [-0.15, -0.1) is 0 Å². The Labute approximate surface area is 160 Å². The minimum absolute atomic E-state index is 0.0557. The number of hydrogen-bond donors (Lipinski definition) is 2. The van der Waals surface area contributed by atoms with E-state index < -0.39 is 15.9 Å². The van der Waals surface area contributed by atoms with Gasteiger partial charge in [0.05, 0.1) is 4.90 Å². The predicted octanol–water partition coefficient (Wildman–Crippen LogP) is 2.50. The maximum Gasteiger partial charge on any atom is 0.277 e. The number of benzene rings is 2. The summed E-state index contributed by atoms with van der Waals surface area (Å²) in [7, 11) is -3.81. The fraction of sp³-hybridized carbons (Fsp3) is 0.111. The molecule has 3 aromatic rings. The zero-order valence-corrected chi connectivity index (χ0v) is 15.2. The van der Waals surface area contributed by atoms with Gasteiger partial charge in [-0.3, -0.25) is 9.52 Å². The van der Waals surface area contributed by atoms with E-state index in [0.717, 1.165) is 0 Å². The lowest BCUT2D eigenvalue weighted by Gasteiger charge is -2.19. The number of carbonyl (C=O) groups excluding carboxylic acids is 1. The highest BCUT2D eigenvalue weighted by Crippen LogP contribution is 2.32. The van der Waals surface area contributed by atoms with Crippen molar-refractivity contribution in [3.05, 3.63) is 60.5 Å². The molecule has 10 heteroatoms. The van der Waals surface area contributed by atoms with E-state index in [0.29, 0.717) is 36.1 Å². The van der Waals surface area contributed by atoms with Crippen LogP contribution < -0.4 is 19.5 Å². The molecule has 2 heterocycles. The number of amides is 1. The highest BCUT2D eigenvalue weighted by Gasteiger charge is 2.19. The van der Waals surface area contributed by atoms with Crippen LogP contribution in [0.15, 0.2) is 64.2 Å². The largest absolute Gasteiger partial charge is 0.486 e. The van der Waals surface area contributed by atoms with E-state index in [4.69, 9.17) is 9.47 Å². The summed E-state index contributed by atoms with van der Waals surface area (Å²) >= 11 is 0. The molecule has 0 saturated heterocycles. The highest BCUT2D eigenvalue weighted by molar-refractivity contribution is 7.92. The fourth-order valence-electron chi connectivity index (χ4n) is 2.55. The molecular formula is C18H15N3O6S. The molecule has 9 nitrogen and oxygen atoms in total. The van der Waals surface area contributed by atoms with E-state index in [-0.39, 0.29) is 10.6 Å². The van der Waals surface area contributed by atoms with Crippen molar-refractivity contribution in [2.45, 2.75) is 4.90 Å². The smallest absolute Gasteiger partial charge is 0.277 e. The van der Waals surface area contributed by atoms with Gasteiger partial charge in [0.25, 0.3) is 15.9 Å². The Balaban J connectivity index is 1.47. The molecule has 0 aliphatic carbocycles. The Hall–Kier alpha value is -3.53. The molecule has 2 aromatic carbocycles. The Morgan fingerprint density at radius 3 is 2.36 bits per heavy atom. The van der Waals surface area contributed by atoms with Crippen LogP contribution in [0.4, 0.5) is 11.4 Å². The number of sulfonamides is 1. The van der Waals surface area contributed by atoms with Gasteiger partial charge in [-0.25, -0.2) is 8.42 Å². The van der Waals surface area contributed by atoms with E-state index in [1.807, 2.05) is 0 Å². The molecule has 0 unspecified atom stereocenters. The number of anilines is 2. The lowest BCUT2D eigenvalue weighted by atomic mass is 10.3. The van der Waals surface area contributed by atoms with E-state index in [1.165, 1.54) is 36.6 Å². The molecule has 1 amide bonds. The highest BCUT2D eigenvalue weighted by atomic mass is 32.2. The fourth-order valence-corrected chi connectivity index (χ4v) is 3.62. The van der Waals surface area contributed by atoms with Crippen molar-refractivity contribution in [2.24, 2.45) is 0 Å². The molecule has 0 radical (unpaired) electrons. The first-order valence-corrected chi connectivity index (χ1v) is 9.74. The van der Waals surface area contributed by atoms with E-state index in [1.54, 1.807) is 18.2 Å². The maximum atomic E-state index is 12.6. The van der Waals surface area contributed by atoms with Gasteiger partial charge in [-0.1, -0.05) is 5.16 Å². The number of hydrogen-bond acceptors (Lipinski definition) is 7. The summed E-state index contributed by atoms with van der Waals surface area (Å²) in [6.45, 7) is 0.794. The van der Waals surface area contributed by atoms with Crippen LogP contribution in [-0.4, -0.2) is 32.7 Å². The first-order valence-electron chi connectivity index (χ1n) is 8.25. The zero-order valence-electron chi connectivity index (χ0n) is 14.4. The summed E-state index contributed by atoms with van der Waals surface area (Å²) in [5, 5.41) is 6.18. The van der Waals surface area contributed by atoms with Crippen molar-refractivity contribution in [2.75, 3.05) is 23.3 Å². The molecule has 0 spiro atoms. The molecule has 4 rings (SSSR count). The summed E-state index contributed by atoms with van der Waals surface area (Å²) < 4.78 is 43.1. The molecule has 2 N–H and O–H groups in total. The Kier molecular flexibility index (Phi) is 4.62. The zero-order chi connectivity index (χ0) is 19.6. The molecule has 1 aliphatic rings. The van der Waals surface area contributed by atoms with Gasteiger partial charge in [-0.2, -0.15) is 0 Å². The van der Waals surface area contributed by atoms with Crippen molar-refractivity contribution < 1.29 is 27.2 Å². The van der Waals surface area contributed by atoms with Crippen molar-refractivity contribution >= 4 is 27.3 Å². The van der Waals surface area contributed by atoms with Gasteiger partial charge in [0, 0.05) is 23.5 Å². The molecule has 0 atom stereocenters. The van der Waals surface area contributed by atoms with Crippen LogP contribution in [0.25, 0.3) is 0 Å². The van der Waals surface area contributed by atoms with Crippen LogP contribution in [0, 0.1) is 0 Å². The predicted molar refractivity (Wildman–Crippen MR) is 99.1 cm³/mol. The number of nitrogens with zero attached hydrogens (tertiary/aromatic N) is 1. The number of fused-ring (bicyclic) bond motifs is 1. The van der Waals surface area contributed by atoms with Crippen LogP contribution in [0.5, 0.6) is 11.5 Å². The monoisotopic (exact) mass is 401 g/mol. The second-order valence-corrected chi connectivity index (χ2v) is 7.51. The van der Waals surface area contributed by atoms with Gasteiger partial charge in [0.2, 0.25) is 0 Å². The topological polar surface area (TPSA) is 120 Å². The van der Waals surface area contributed by atoms with E-state index in [2.05, 4.69) is 19.7 Å². The SMILES string of the molecule is O=C(Nc1ccc(NS(=O)(=O)c2ccc3c(c2)OCCO3)cc1)c1ccon1. The quantitative estimate of drug-likeness (QED) is 0.674. The molecule has 144 valence electrons. The van der Waals surface area contributed by atoms with E-state index in [9.17, 15) is 13.2 Å². The number of aromatic nitrogens is 1. The van der Waals surface area contributed by atoms with Gasteiger partial charge in [-0.05, 0) is 36.4 Å². The first-order chi connectivity index (χ1) is 13.5. The van der Waals surface area contributed by atoms with Crippen molar-refractivity contribution in [1.29, 1.82) is 0 Å². The maximum absolute atomic E-state index is 12.6. The van der Waals surface area contributed by atoms with Gasteiger partial charge in [0.15, 0.2) is 17.2 Å². The van der Waals surface area contributed by atoms with Crippen LogP contribution in [0.1, 0.15) is 10.5 Å². The molecular weight excluding hydrogens is 386 g/mol.